The Bertz CT molecular complexity index is 421. The summed E-state index contributed by atoms with van der Waals surface area (Å²) in [6, 6.07) is 5.64. The lowest BCUT2D eigenvalue weighted by atomic mass is 10.3. The largest absolute Gasteiger partial charge is 0.382 e. The fourth-order valence-electron chi connectivity index (χ4n) is 1.41. The molecule has 0 radical (unpaired) electrons. The van der Waals surface area contributed by atoms with Gasteiger partial charge in [0.15, 0.2) is 0 Å². The zero-order chi connectivity index (χ0) is 11.4. The summed E-state index contributed by atoms with van der Waals surface area (Å²) in [6.45, 7) is 2.83. The van der Waals surface area contributed by atoms with E-state index in [1.54, 1.807) is 12.3 Å². The van der Waals surface area contributed by atoms with E-state index in [0.29, 0.717) is 11.6 Å². The molecule has 2 rings (SSSR count). The first-order valence-corrected chi connectivity index (χ1v) is 5.07. The molecule has 16 heavy (non-hydrogen) atoms. The van der Waals surface area contributed by atoms with E-state index in [1.807, 2.05) is 23.0 Å². The van der Waals surface area contributed by atoms with Crippen LogP contribution in [-0.4, -0.2) is 26.0 Å². The third-order valence-electron chi connectivity index (χ3n) is 2.10. The van der Waals surface area contributed by atoms with Gasteiger partial charge >= 0.3 is 0 Å². The van der Waals surface area contributed by atoms with Gasteiger partial charge < -0.3 is 11.1 Å². The van der Waals surface area contributed by atoms with Crippen LogP contribution >= 0.6 is 0 Å². The highest BCUT2D eigenvalue weighted by Crippen LogP contribution is 2.05. The molecule has 6 heteroatoms. The molecular weight excluding hydrogens is 204 g/mol. The van der Waals surface area contributed by atoms with Crippen LogP contribution in [0.3, 0.4) is 0 Å². The lowest BCUT2D eigenvalue weighted by molar-refractivity contribution is 0.559. The van der Waals surface area contributed by atoms with E-state index in [2.05, 4.69) is 27.5 Å². The SMILES string of the molecule is CC(Cn1cccn1)Nc1ccc(N)nn1. The van der Waals surface area contributed by atoms with Gasteiger partial charge in [0.05, 0.1) is 6.54 Å². The summed E-state index contributed by atoms with van der Waals surface area (Å²) >= 11 is 0. The third kappa shape index (κ3) is 2.69. The van der Waals surface area contributed by atoms with Crippen molar-refractivity contribution in [3.63, 3.8) is 0 Å². The van der Waals surface area contributed by atoms with E-state index in [0.717, 1.165) is 6.54 Å². The number of anilines is 2. The molecule has 0 amide bonds. The molecule has 2 aromatic rings. The average Bonchev–Trinajstić information content (AvgIpc) is 2.74. The van der Waals surface area contributed by atoms with E-state index in [-0.39, 0.29) is 6.04 Å². The molecule has 6 nitrogen and oxygen atoms in total. The van der Waals surface area contributed by atoms with Crippen molar-refractivity contribution >= 4 is 11.6 Å². The van der Waals surface area contributed by atoms with Crippen LogP contribution in [0.15, 0.2) is 30.6 Å². The van der Waals surface area contributed by atoms with E-state index in [9.17, 15) is 0 Å². The maximum Gasteiger partial charge on any atom is 0.149 e. The maximum atomic E-state index is 5.45. The van der Waals surface area contributed by atoms with Gasteiger partial charge in [0.1, 0.15) is 11.6 Å². The van der Waals surface area contributed by atoms with Crippen LogP contribution in [0.5, 0.6) is 0 Å². The number of nitrogens with one attached hydrogen (secondary N) is 1. The van der Waals surface area contributed by atoms with Crippen molar-refractivity contribution in [1.82, 2.24) is 20.0 Å². The maximum absolute atomic E-state index is 5.45. The second kappa shape index (κ2) is 4.61. The minimum atomic E-state index is 0.220. The summed E-state index contributed by atoms with van der Waals surface area (Å²) in [6.07, 6.45) is 3.68. The number of nitrogen functional groups attached to an aromatic ring is 1. The average molecular weight is 218 g/mol. The van der Waals surface area contributed by atoms with Crippen molar-refractivity contribution in [3.05, 3.63) is 30.6 Å². The molecule has 0 saturated carbocycles. The Morgan fingerprint density at radius 3 is 2.94 bits per heavy atom. The molecule has 0 bridgehead atoms. The summed E-state index contributed by atoms with van der Waals surface area (Å²) < 4.78 is 1.86. The zero-order valence-electron chi connectivity index (χ0n) is 9.04. The molecule has 0 fully saturated rings. The van der Waals surface area contributed by atoms with Crippen LogP contribution in [0.4, 0.5) is 11.6 Å². The van der Waals surface area contributed by atoms with Crippen molar-refractivity contribution < 1.29 is 0 Å². The Kier molecular flexibility index (Phi) is 3.00. The second-order valence-electron chi connectivity index (χ2n) is 3.62. The van der Waals surface area contributed by atoms with Crippen LogP contribution in [-0.2, 0) is 6.54 Å². The summed E-state index contributed by atoms with van der Waals surface area (Å²) in [7, 11) is 0. The molecule has 0 saturated heterocycles. The number of hydrogen-bond donors (Lipinski definition) is 2. The molecule has 0 aliphatic rings. The number of rotatable bonds is 4. The van der Waals surface area contributed by atoms with E-state index in [1.165, 1.54) is 0 Å². The summed E-state index contributed by atoms with van der Waals surface area (Å²) in [5.74, 6) is 1.14. The molecule has 0 aliphatic carbocycles. The van der Waals surface area contributed by atoms with Crippen LogP contribution in [0.25, 0.3) is 0 Å². The van der Waals surface area contributed by atoms with Crippen LogP contribution in [0.1, 0.15) is 6.92 Å². The first-order chi connectivity index (χ1) is 7.74. The van der Waals surface area contributed by atoms with Crippen molar-refractivity contribution in [1.29, 1.82) is 0 Å². The Hall–Kier alpha value is -2.11. The summed E-state index contributed by atoms with van der Waals surface area (Å²) in [5.41, 5.74) is 5.45. The van der Waals surface area contributed by atoms with Gasteiger partial charge in [0, 0.05) is 18.4 Å². The Morgan fingerprint density at radius 1 is 1.44 bits per heavy atom. The molecule has 0 spiro atoms. The fraction of sp³-hybridized carbons (Fsp3) is 0.300. The highest BCUT2D eigenvalue weighted by atomic mass is 15.3. The normalized spacial score (nSPS) is 12.3. The first kappa shape index (κ1) is 10.4. The number of nitrogens with zero attached hydrogens (tertiary/aromatic N) is 4. The quantitative estimate of drug-likeness (QED) is 0.791. The minimum Gasteiger partial charge on any atom is -0.382 e. The van der Waals surface area contributed by atoms with Crippen LogP contribution in [0.2, 0.25) is 0 Å². The summed E-state index contributed by atoms with van der Waals surface area (Å²) in [5, 5.41) is 15.1. The molecule has 84 valence electrons. The minimum absolute atomic E-state index is 0.220. The molecule has 0 aromatic carbocycles. The van der Waals surface area contributed by atoms with Gasteiger partial charge in [-0.3, -0.25) is 4.68 Å². The molecule has 2 heterocycles. The van der Waals surface area contributed by atoms with Crippen LogP contribution in [0, 0.1) is 0 Å². The van der Waals surface area contributed by atoms with Gasteiger partial charge in [0.25, 0.3) is 0 Å². The number of nitrogens with two attached hydrogens (primary N) is 1. The molecule has 2 aromatic heterocycles. The predicted molar refractivity (Wildman–Crippen MR) is 61.8 cm³/mol. The van der Waals surface area contributed by atoms with Gasteiger partial charge in [-0.1, -0.05) is 0 Å². The molecule has 1 unspecified atom stereocenters. The van der Waals surface area contributed by atoms with E-state index < -0.39 is 0 Å². The highest BCUT2D eigenvalue weighted by Gasteiger charge is 2.04. The van der Waals surface area contributed by atoms with E-state index in [4.69, 9.17) is 5.73 Å². The van der Waals surface area contributed by atoms with E-state index >= 15 is 0 Å². The molecule has 3 N–H and O–H groups in total. The lowest BCUT2D eigenvalue weighted by Crippen LogP contribution is -2.22. The Balaban J connectivity index is 1.92. The van der Waals surface area contributed by atoms with Gasteiger partial charge in [-0.05, 0) is 25.1 Å². The fourth-order valence-corrected chi connectivity index (χ4v) is 1.41. The van der Waals surface area contributed by atoms with Crippen molar-refractivity contribution in [2.24, 2.45) is 0 Å². The van der Waals surface area contributed by atoms with Crippen molar-refractivity contribution in [2.75, 3.05) is 11.1 Å². The number of hydrogen-bond acceptors (Lipinski definition) is 5. The Labute approximate surface area is 93.5 Å². The second-order valence-corrected chi connectivity index (χ2v) is 3.62. The molecule has 0 aliphatic heterocycles. The number of aromatic nitrogens is 4. The van der Waals surface area contributed by atoms with Crippen molar-refractivity contribution in [3.8, 4) is 0 Å². The van der Waals surface area contributed by atoms with Gasteiger partial charge in [-0.2, -0.15) is 5.10 Å². The standard InChI is InChI=1S/C10H14N6/c1-8(7-16-6-2-5-12-16)13-10-4-3-9(11)14-15-10/h2-6,8H,7H2,1H3,(H2,11,14)(H,13,15). The Morgan fingerprint density at radius 2 is 2.31 bits per heavy atom. The summed E-state index contributed by atoms with van der Waals surface area (Å²) in [4.78, 5) is 0. The predicted octanol–water partition coefficient (Wildman–Crippen LogP) is 0.756. The smallest absolute Gasteiger partial charge is 0.149 e. The van der Waals surface area contributed by atoms with Crippen LogP contribution < -0.4 is 11.1 Å². The molecule has 1 atom stereocenters. The van der Waals surface area contributed by atoms with Gasteiger partial charge in [-0.25, -0.2) is 0 Å². The van der Waals surface area contributed by atoms with Gasteiger partial charge in [-0.15, -0.1) is 10.2 Å². The third-order valence-corrected chi connectivity index (χ3v) is 2.10. The van der Waals surface area contributed by atoms with Gasteiger partial charge in [0.2, 0.25) is 0 Å². The first-order valence-electron chi connectivity index (χ1n) is 5.07. The topological polar surface area (TPSA) is 81.7 Å². The van der Waals surface area contributed by atoms with Crippen molar-refractivity contribution in [2.45, 2.75) is 19.5 Å². The monoisotopic (exact) mass is 218 g/mol. The lowest BCUT2D eigenvalue weighted by Gasteiger charge is -2.13. The highest BCUT2D eigenvalue weighted by molar-refractivity contribution is 5.38. The molecular formula is C10H14N6. The zero-order valence-corrected chi connectivity index (χ0v) is 9.04.